The first-order valence-electron chi connectivity index (χ1n) is 13.1. The van der Waals surface area contributed by atoms with Gasteiger partial charge in [0, 0.05) is 25.0 Å². The molecule has 0 aliphatic carbocycles. The summed E-state index contributed by atoms with van der Waals surface area (Å²) < 4.78 is 45.4. The van der Waals surface area contributed by atoms with Crippen LogP contribution in [0.5, 0.6) is 0 Å². The highest BCUT2D eigenvalue weighted by Crippen LogP contribution is 2.33. The number of rotatable bonds is 9. The predicted molar refractivity (Wildman–Crippen MR) is 153 cm³/mol. The summed E-state index contributed by atoms with van der Waals surface area (Å²) >= 11 is 0. The minimum absolute atomic E-state index is 0.105. The number of likely N-dealkylation sites (N-methyl/N-ethyl adjacent to an activating group) is 1. The zero-order valence-corrected chi connectivity index (χ0v) is 23.5. The highest BCUT2D eigenvalue weighted by molar-refractivity contribution is 5.82. The Morgan fingerprint density at radius 1 is 1.12 bits per heavy atom. The fourth-order valence-electron chi connectivity index (χ4n) is 4.57. The van der Waals surface area contributed by atoms with Crippen LogP contribution in [-0.2, 0) is 24.9 Å². The molecule has 4 aromatic heterocycles. The van der Waals surface area contributed by atoms with E-state index in [0.29, 0.717) is 29.3 Å². The molecule has 0 radical (unpaired) electrons. The van der Waals surface area contributed by atoms with E-state index in [-0.39, 0.29) is 41.1 Å². The Kier molecular flexibility index (Phi) is 7.37. The van der Waals surface area contributed by atoms with E-state index in [4.69, 9.17) is 0 Å². The van der Waals surface area contributed by atoms with E-state index in [1.165, 1.54) is 21.6 Å². The highest BCUT2D eigenvalue weighted by Gasteiger charge is 2.37. The number of alkyl halides is 3. The van der Waals surface area contributed by atoms with Crippen molar-refractivity contribution in [2.24, 2.45) is 0 Å². The Bertz CT molecular complexity index is 1850. The van der Waals surface area contributed by atoms with Crippen molar-refractivity contribution in [2.75, 3.05) is 26.0 Å². The summed E-state index contributed by atoms with van der Waals surface area (Å²) in [6.45, 7) is 7.63. The number of imidazole rings is 1. The van der Waals surface area contributed by atoms with E-state index in [0.717, 1.165) is 4.57 Å². The molecule has 0 saturated carbocycles. The van der Waals surface area contributed by atoms with E-state index < -0.39 is 17.6 Å². The summed E-state index contributed by atoms with van der Waals surface area (Å²) in [6.07, 6.45) is -1.68. The van der Waals surface area contributed by atoms with Crippen LogP contribution in [0, 0.1) is 0 Å². The number of allylic oxidation sites excluding steroid dienone is 1. The van der Waals surface area contributed by atoms with Crippen molar-refractivity contribution in [3.05, 3.63) is 77.1 Å². The fraction of sp³-hybridized carbons (Fsp3) is 0.321. The monoisotopic (exact) mass is 581 g/mol. The van der Waals surface area contributed by atoms with Gasteiger partial charge in [-0.3, -0.25) is 4.79 Å². The van der Waals surface area contributed by atoms with E-state index in [1.807, 2.05) is 0 Å². The molecule has 42 heavy (non-hydrogen) atoms. The first-order valence-corrected chi connectivity index (χ1v) is 13.1. The van der Waals surface area contributed by atoms with Crippen molar-refractivity contribution in [1.82, 2.24) is 38.8 Å². The second kappa shape index (κ2) is 10.7. The van der Waals surface area contributed by atoms with Crippen molar-refractivity contribution < 1.29 is 18.3 Å². The Morgan fingerprint density at radius 3 is 2.55 bits per heavy atom. The lowest BCUT2D eigenvalue weighted by atomic mass is 10.1. The molecule has 5 aromatic rings. The van der Waals surface area contributed by atoms with Gasteiger partial charge in [-0.15, -0.1) is 6.58 Å². The quantitative estimate of drug-likeness (QED) is 0.250. The molecule has 4 heterocycles. The molecule has 0 amide bonds. The minimum Gasteiger partial charge on any atom is -0.384 e. The Balaban J connectivity index is 1.58. The van der Waals surface area contributed by atoms with Gasteiger partial charge in [0.15, 0.2) is 11.5 Å². The SMILES string of the molecule is C=CCn1c(=O)c2cnc(Nc3ccc4c(c3)nc(C(F)(F)F)n4CCN(C)C)nc2n1-c1cccc(C(C)(C)O)n1. The number of benzene rings is 1. The molecule has 0 aliphatic rings. The predicted octanol–water partition coefficient (Wildman–Crippen LogP) is 4.06. The van der Waals surface area contributed by atoms with Crippen LogP contribution in [0.3, 0.4) is 0 Å². The molecule has 14 heteroatoms. The highest BCUT2D eigenvalue weighted by atomic mass is 19.4. The van der Waals surface area contributed by atoms with Crippen LogP contribution in [-0.4, -0.2) is 64.5 Å². The second-order valence-electron chi connectivity index (χ2n) is 10.6. The molecule has 2 N–H and O–H groups in total. The number of hydrogen-bond acceptors (Lipinski definition) is 8. The Morgan fingerprint density at radius 2 is 1.88 bits per heavy atom. The molecule has 0 spiro atoms. The van der Waals surface area contributed by atoms with Crippen LogP contribution in [0.4, 0.5) is 24.8 Å². The molecular weight excluding hydrogens is 551 g/mol. The third-order valence-corrected chi connectivity index (χ3v) is 6.58. The van der Waals surface area contributed by atoms with Crippen molar-refractivity contribution in [1.29, 1.82) is 0 Å². The summed E-state index contributed by atoms with van der Waals surface area (Å²) in [5.41, 5.74) is -0.0378. The van der Waals surface area contributed by atoms with Crippen LogP contribution in [0.25, 0.3) is 27.9 Å². The van der Waals surface area contributed by atoms with Crippen LogP contribution in [0.2, 0.25) is 0 Å². The third-order valence-electron chi connectivity index (χ3n) is 6.58. The molecule has 0 atom stereocenters. The van der Waals surface area contributed by atoms with Crippen LogP contribution >= 0.6 is 0 Å². The van der Waals surface area contributed by atoms with Crippen LogP contribution < -0.4 is 10.9 Å². The topological polar surface area (TPSA) is 119 Å². The average molecular weight is 582 g/mol. The van der Waals surface area contributed by atoms with E-state index in [9.17, 15) is 23.1 Å². The zero-order chi connectivity index (χ0) is 30.4. The average Bonchev–Trinajstić information content (AvgIpc) is 3.42. The van der Waals surface area contributed by atoms with E-state index in [2.05, 4.69) is 31.8 Å². The molecule has 220 valence electrons. The molecular formula is C28H30F3N9O2. The standard InChI is InChI=1S/C28H30F3N9O2/c1-6-12-39-24(41)18-16-32-26(36-23(18)40(39)22-9-7-8-21(35-22)27(2,3)42)33-17-10-11-20-19(15-17)34-25(28(29,30)31)38(20)14-13-37(4)5/h6-11,15-16,42H,1,12-14H2,2-5H3,(H,32,33,36). The van der Waals surface area contributed by atoms with E-state index in [1.54, 1.807) is 69.3 Å². The maximum absolute atomic E-state index is 13.8. The van der Waals surface area contributed by atoms with Crippen molar-refractivity contribution in [3.8, 4) is 5.82 Å². The van der Waals surface area contributed by atoms with Gasteiger partial charge in [-0.1, -0.05) is 12.1 Å². The Labute approximate surface area is 238 Å². The summed E-state index contributed by atoms with van der Waals surface area (Å²) in [6, 6.07) is 9.75. The number of halogens is 3. The number of fused-ring (bicyclic) bond motifs is 2. The van der Waals surface area contributed by atoms with Crippen molar-refractivity contribution in [3.63, 3.8) is 0 Å². The molecule has 1 aromatic carbocycles. The number of aliphatic hydroxyl groups is 1. The summed E-state index contributed by atoms with van der Waals surface area (Å²) in [5, 5.41) is 13.7. The van der Waals surface area contributed by atoms with Gasteiger partial charge in [-0.25, -0.2) is 24.3 Å². The third kappa shape index (κ3) is 5.50. The lowest BCUT2D eigenvalue weighted by Gasteiger charge is -2.18. The lowest BCUT2D eigenvalue weighted by molar-refractivity contribution is -0.147. The lowest BCUT2D eigenvalue weighted by Crippen LogP contribution is -2.23. The van der Waals surface area contributed by atoms with Crippen LogP contribution in [0.1, 0.15) is 25.4 Å². The van der Waals surface area contributed by atoms with Gasteiger partial charge in [-0.05, 0) is 58.3 Å². The minimum atomic E-state index is -4.62. The molecule has 0 fully saturated rings. The smallest absolute Gasteiger partial charge is 0.384 e. The van der Waals surface area contributed by atoms with Crippen LogP contribution in [0.15, 0.2) is 60.0 Å². The molecule has 0 bridgehead atoms. The number of pyridine rings is 1. The van der Waals surface area contributed by atoms with Gasteiger partial charge in [0.05, 0.1) is 23.3 Å². The van der Waals surface area contributed by atoms with Gasteiger partial charge < -0.3 is 19.9 Å². The molecule has 0 saturated heterocycles. The molecule has 5 rings (SSSR count). The largest absolute Gasteiger partial charge is 0.449 e. The van der Waals surface area contributed by atoms with Gasteiger partial charge in [0.2, 0.25) is 11.8 Å². The second-order valence-corrected chi connectivity index (χ2v) is 10.6. The summed E-state index contributed by atoms with van der Waals surface area (Å²) in [5.74, 6) is -0.520. The number of anilines is 2. The Hall–Kier alpha value is -4.56. The summed E-state index contributed by atoms with van der Waals surface area (Å²) in [7, 11) is 3.58. The maximum atomic E-state index is 13.8. The fourth-order valence-corrected chi connectivity index (χ4v) is 4.57. The summed E-state index contributed by atoms with van der Waals surface area (Å²) in [4.78, 5) is 32.3. The number of aromatic nitrogens is 7. The van der Waals surface area contributed by atoms with E-state index >= 15 is 0 Å². The first kappa shape index (κ1) is 29.0. The van der Waals surface area contributed by atoms with Gasteiger partial charge >= 0.3 is 6.18 Å². The van der Waals surface area contributed by atoms with Crippen molar-refractivity contribution >= 4 is 33.7 Å². The molecule has 0 unspecified atom stereocenters. The molecule has 11 nitrogen and oxygen atoms in total. The molecule has 0 aliphatic heterocycles. The van der Waals surface area contributed by atoms with Gasteiger partial charge in [-0.2, -0.15) is 18.2 Å². The van der Waals surface area contributed by atoms with Gasteiger partial charge in [0.25, 0.3) is 5.56 Å². The number of nitrogens with zero attached hydrogens (tertiary/aromatic N) is 8. The maximum Gasteiger partial charge on any atom is 0.449 e. The first-order chi connectivity index (χ1) is 19.8. The zero-order valence-electron chi connectivity index (χ0n) is 23.5. The number of nitrogens with one attached hydrogen (secondary N) is 1. The normalized spacial score (nSPS) is 12.5. The van der Waals surface area contributed by atoms with Crippen molar-refractivity contribution in [2.45, 2.75) is 38.7 Å². The number of hydrogen-bond donors (Lipinski definition) is 2. The van der Waals surface area contributed by atoms with Gasteiger partial charge in [0.1, 0.15) is 11.0 Å².